The smallest absolute Gasteiger partial charge is 0.314 e. The molecule has 0 saturated carbocycles. The molecular formula is C18H17F3N2O4. The van der Waals surface area contributed by atoms with E-state index < -0.39 is 35.0 Å². The highest BCUT2D eigenvalue weighted by Gasteiger charge is 2.20. The van der Waals surface area contributed by atoms with Gasteiger partial charge in [0.05, 0.1) is 18.9 Å². The summed E-state index contributed by atoms with van der Waals surface area (Å²) >= 11 is 0. The van der Waals surface area contributed by atoms with Gasteiger partial charge >= 0.3 is 11.8 Å². The molecule has 0 bridgehead atoms. The van der Waals surface area contributed by atoms with Crippen molar-refractivity contribution in [3.63, 3.8) is 0 Å². The Morgan fingerprint density at radius 2 is 1.48 bits per heavy atom. The van der Waals surface area contributed by atoms with Crippen LogP contribution in [0.3, 0.4) is 0 Å². The van der Waals surface area contributed by atoms with Crippen molar-refractivity contribution < 1.29 is 32.2 Å². The highest BCUT2D eigenvalue weighted by Crippen LogP contribution is 2.30. The number of rotatable bonds is 6. The summed E-state index contributed by atoms with van der Waals surface area (Å²) in [6, 6.07) is 5.93. The van der Waals surface area contributed by atoms with E-state index in [1.54, 1.807) is 19.9 Å². The van der Waals surface area contributed by atoms with Crippen molar-refractivity contribution in [1.82, 2.24) is 0 Å². The molecule has 0 atom stereocenters. The summed E-state index contributed by atoms with van der Waals surface area (Å²) in [5, 5.41) is 4.18. The summed E-state index contributed by atoms with van der Waals surface area (Å²) in [5.41, 5.74) is -0.427. The number of hydrogen-bond acceptors (Lipinski definition) is 4. The fourth-order valence-electron chi connectivity index (χ4n) is 2.12. The van der Waals surface area contributed by atoms with Gasteiger partial charge < -0.3 is 20.1 Å². The molecule has 0 aliphatic heterocycles. The van der Waals surface area contributed by atoms with Crippen molar-refractivity contribution in [2.45, 2.75) is 13.8 Å². The first-order valence-corrected chi connectivity index (χ1v) is 8.02. The molecule has 0 heterocycles. The average molecular weight is 382 g/mol. The molecular weight excluding hydrogens is 365 g/mol. The van der Waals surface area contributed by atoms with E-state index >= 15 is 0 Å². The first-order valence-electron chi connectivity index (χ1n) is 8.02. The Labute approximate surface area is 153 Å². The monoisotopic (exact) mass is 382 g/mol. The normalized spacial score (nSPS) is 10.3. The molecule has 0 fully saturated rings. The highest BCUT2D eigenvalue weighted by atomic mass is 19.2. The predicted molar refractivity (Wildman–Crippen MR) is 92.4 cm³/mol. The third-order valence-electron chi connectivity index (χ3n) is 3.29. The van der Waals surface area contributed by atoms with Crippen LogP contribution in [-0.4, -0.2) is 25.0 Å². The Kier molecular flexibility index (Phi) is 6.64. The van der Waals surface area contributed by atoms with Gasteiger partial charge in [0.25, 0.3) is 0 Å². The van der Waals surface area contributed by atoms with Crippen LogP contribution < -0.4 is 20.1 Å². The molecule has 2 aromatic carbocycles. The summed E-state index contributed by atoms with van der Waals surface area (Å²) in [5.74, 6) is -6.32. The minimum atomic E-state index is -1.75. The van der Waals surface area contributed by atoms with Gasteiger partial charge in [0.2, 0.25) is 0 Å². The summed E-state index contributed by atoms with van der Waals surface area (Å²) in [6.07, 6.45) is 0. The Morgan fingerprint density at radius 1 is 0.852 bits per heavy atom. The molecule has 2 amide bonds. The number of carbonyl (C=O) groups excluding carboxylic acids is 2. The van der Waals surface area contributed by atoms with Crippen LogP contribution in [-0.2, 0) is 9.59 Å². The molecule has 2 N–H and O–H groups in total. The topological polar surface area (TPSA) is 76.7 Å². The van der Waals surface area contributed by atoms with Gasteiger partial charge in [-0.1, -0.05) is 0 Å². The molecule has 0 radical (unpaired) electrons. The lowest BCUT2D eigenvalue weighted by molar-refractivity contribution is -0.133. The van der Waals surface area contributed by atoms with Gasteiger partial charge in [-0.05, 0) is 38.1 Å². The molecule has 6 nitrogen and oxygen atoms in total. The van der Waals surface area contributed by atoms with Crippen molar-refractivity contribution in [3.05, 3.63) is 47.8 Å². The van der Waals surface area contributed by atoms with Crippen LogP contribution in [0.1, 0.15) is 13.8 Å². The fourth-order valence-corrected chi connectivity index (χ4v) is 2.12. The van der Waals surface area contributed by atoms with Gasteiger partial charge in [0.1, 0.15) is 0 Å². The summed E-state index contributed by atoms with van der Waals surface area (Å²) in [6.45, 7) is 4.33. The number of amides is 2. The van der Waals surface area contributed by atoms with Crippen molar-refractivity contribution in [3.8, 4) is 11.5 Å². The van der Waals surface area contributed by atoms with Gasteiger partial charge in [-0.3, -0.25) is 9.59 Å². The molecule has 2 aromatic rings. The number of hydrogen-bond donors (Lipinski definition) is 2. The van der Waals surface area contributed by atoms with Gasteiger partial charge in [0.15, 0.2) is 29.0 Å². The molecule has 0 spiro atoms. The van der Waals surface area contributed by atoms with E-state index in [2.05, 4.69) is 5.32 Å². The van der Waals surface area contributed by atoms with Crippen LogP contribution in [0.15, 0.2) is 30.3 Å². The second kappa shape index (κ2) is 8.93. The second-order valence-corrected chi connectivity index (χ2v) is 5.16. The largest absolute Gasteiger partial charge is 0.490 e. The van der Waals surface area contributed by atoms with Crippen LogP contribution in [0, 0.1) is 17.5 Å². The minimum Gasteiger partial charge on any atom is -0.490 e. The number of nitrogens with one attached hydrogen (secondary N) is 2. The third-order valence-corrected chi connectivity index (χ3v) is 3.29. The van der Waals surface area contributed by atoms with Crippen molar-refractivity contribution in [2.24, 2.45) is 0 Å². The lowest BCUT2D eigenvalue weighted by Gasteiger charge is -2.13. The first-order chi connectivity index (χ1) is 12.9. The van der Waals surface area contributed by atoms with E-state index in [4.69, 9.17) is 9.47 Å². The quantitative estimate of drug-likeness (QED) is 0.592. The third kappa shape index (κ3) is 4.90. The van der Waals surface area contributed by atoms with E-state index in [0.717, 1.165) is 6.07 Å². The van der Waals surface area contributed by atoms with Crippen LogP contribution in [0.4, 0.5) is 24.5 Å². The van der Waals surface area contributed by atoms with Gasteiger partial charge in [0, 0.05) is 11.8 Å². The molecule has 2 rings (SSSR count). The molecule has 0 aromatic heterocycles. The standard InChI is InChI=1S/C18H17F3N2O4/c1-3-26-13-8-5-10(9-14(13)27-4-2)22-17(24)18(25)23-12-7-6-11(19)15(20)16(12)21/h5-9H,3-4H2,1-2H3,(H,22,24)(H,23,25). The molecule has 144 valence electrons. The predicted octanol–water partition coefficient (Wildman–Crippen LogP) is 3.48. The lowest BCUT2D eigenvalue weighted by Crippen LogP contribution is -2.29. The summed E-state index contributed by atoms with van der Waals surface area (Å²) in [4.78, 5) is 23.9. The maximum atomic E-state index is 13.6. The van der Waals surface area contributed by atoms with Crippen LogP contribution in [0.25, 0.3) is 0 Å². The number of carbonyl (C=O) groups is 2. The van der Waals surface area contributed by atoms with Gasteiger partial charge in [-0.15, -0.1) is 0 Å². The second-order valence-electron chi connectivity index (χ2n) is 5.16. The first kappa shape index (κ1) is 20.1. The van der Waals surface area contributed by atoms with E-state index in [0.29, 0.717) is 30.8 Å². The van der Waals surface area contributed by atoms with Crippen LogP contribution in [0.5, 0.6) is 11.5 Å². The number of ether oxygens (including phenoxy) is 2. The average Bonchev–Trinajstić information content (AvgIpc) is 2.64. The van der Waals surface area contributed by atoms with Crippen molar-refractivity contribution >= 4 is 23.2 Å². The highest BCUT2D eigenvalue weighted by molar-refractivity contribution is 6.43. The molecule has 27 heavy (non-hydrogen) atoms. The summed E-state index contributed by atoms with van der Waals surface area (Å²) in [7, 11) is 0. The van der Waals surface area contributed by atoms with E-state index in [1.165, 1.54) is 12.1 Å². The maximum Gasteiger partial charge on any atom is 0.314 e. The Bertz CT molecular complexity index is 859. The van der Waals surface area contributed by atoms with E-state index in [1.807, 2.05) is 5.32 Å². The molecule has 0 saturated heterocycles. The van der Waals surface area contributed by atoms with Gasteiger partial charge in [-0.2, -0.15) is 0 Å². The molecule has 0 aliphatic carbocycles. The number of halogens is 3. The van der Waals surface area contributed by atoms with Crippen LogP contribution >= 0.6 is 0 Å². The Morgan fingerprint density at radius 3 is 2.15 bits per heavy atom. The Balaban J connectivity index is 2.11. The fraction of sp³-hybridized carbons (Fsp3) is 0.222. The van der Waals surface area contributed by atoms with E-state index in [-0.39, 0.29) is 5.69 Å². The lowest BCUT2D eigenvalue weighted by atomic mass is 10.2. The SMILES string of the molecule is CCOc1ccc(NC(=O)C(=O)Nc2ccc(F)c(F)c2F)cc1OCC. The zero-order chi connectivity index (χ0) is 20.0. The molecule has 9 heteroatoms. The number of anilines is 2. The number of benzene rings is 2. The van der Waals surface area contributed by atoms with Gasteiger partial charge in [-0.25, -0.2) is 13.2 Å². The van der Waals surface area contributed by atoms with Crippen molar-refractivity contribution in [2.75, 3.05) is 23.8 Å². The maximum absolute atomic E-state index is 13.6. The molecule has 0 unspecified atom stereocenters. The zero-order valence-electron chi connectivity index (χ0n) is 14.6. The Hall–Kier alpha value is -3.23. The van der Waals surface area contributed by atoms with E-state index in [9.17, 15) is 22.8 Å². The van der Waals surface area contributed by atoms with Crippen LogP contribution in [0.2, 0.25) is 0 Å². The van der Waals surface area contributed by atoms with Crippen molar-refractivity contribution in [1.29, 1.82) is 0 Å². The zero-order valence-corrected chi connectivity index (χ0v) is 14.6. The minimum absolute atomic E-state index is 0.229. The summed E-state index contributed by atoms with van der Waals surface area (Å²) < 4.78 is 50.4. The molecule has 0 aliphatic rings.